The molecule has 1 aliphatic rings. The molecule has 1 atom stereocenters. The second-order valence-corrected chi connectivity index (χ2v) is 6.56. The van der Waals surface area contributed by atoms with Gasteiger partial charge in [0.1, 0.15) is 11.6 Å². The Morgan fingerprint density at radius 2 is 1.58 bits per heavy atom. The van der Waals surface area contributed by atoms with Gasteiger partial charge in [-0.25, -0.2) is 8.78 Å². The van der Waals surface area contributed by atoms with Crippen LogP contribution in [0.15, 0.2) is 77.9 Å². The van der Waals surface area contributed by atoms with Crippen LogP contribution in [0.5, 0.6) is 0 Å². The summed E-state index contributed by atoms with van der Waals surface area (Å²) in [6.07, 6.45) is 0.523. The van der Waals surface area contributed by atoms with Crippen molar-refractivity contribution in [2.75, 3.05) is 5.01 Å². The van der Waals surface area contributed by atoms with E-state index in [0.717, 1.165) is 11.3 Å². The van der Waals surface area contributed by atoms with Gasteiger partial charge in [-0.1, -0.05) is 41.9 Å². The van der Waals surface area contributed by atoms with E-state index in [9.17, 15) is 8.78 Å². The zero-order chi connectivity index (χ0) is 18.1. The van der Waals surface area contributed by atoms with Crippen molar-refractivity contribution in [3.05, 3.63) is 101 Å². The first kappa shape index (κ1) is 16.7. The number of nitrogens with zero attached hydrogens (tertiary/aromatic N) is 2. The molecule has 0 spiro atoms. The summed E-state index contributed by atoms with van der Waals surface area (Å²) in [7, 11) is 0. The van der Waals surface area contributed by atoms with E-state index >= 15 is 0 Å². The molecular formula is C21H15ClF2N2. The van der Waals surface area contributed by atoms with Gasteiger partial charge in [-0.2, -0.15) is 5.10 Å². The van der Waals surface area contributed by atoms with E-state index in [4.69, 9.17) is 11.6 Å². The molecule has 0 fully saturated rings. The topological polar surface area (TPSA) is 15.6 Å². The van der Waals surface area contributed by atoms with Crippen LogP contribution in [0, 0.1) is 11.6 Å². The molecule has 26 heavy (non-hydrogen) atoms. The zero-order valence-corrected chi connectivity index (χ0v) is 14.5. The van der Waals surface area contributed by atoms with Crippen molar-refractivity contribution in [2.24, 2.45) is 5.10 Å². The number of rotatable bonds is 3. The van der Waals surface area contributed by atoms with Gasteiger partial charge in [0.05, 0.1) is 17.4 Å². The summed E-state index contributed by atoms with van der Waals surface area (Å²) in [6, 6.07) is 20.1. The Labute approximate surface area is 155 Å². The first-order valence-corrected chi connectivity index (χ1v) is 8.62. The lowest BCUT2D eigenvalue weighted by atomic mass is 9.98. The van der Waals surface area contributed by atoms with Gasteiger partial charge in [-0.15, -0.1) is 0 Å². The Bertz CT molecular complexity index is 953. The SMILES string of the molecule is Fc1ccc([C@H]2CC(c3ccccc3F)=NN2c2ccc(Cl)cc2)cc1. The van der Waals surface area contributed by atoms with Crippen LogP contribution in [0.2, 0.25) is 5.02 Å². The van der Waals surface area contributed by atoms with Crippen molar-refractivity contribution < 1.29 is 8.78 Å². The molecule has 3 aromatic rings. The van der Waals surface area contributed by atoms with Crippen molar-refractivity contribution in [1.82, 2.24) is 0 Å². The number of anilines is 1. The maximum atomic E-state index is 14.2. The molecule has 0 amide bonds. The Morgan fingerprint density at radius 1 is 0.885 bits per heavy atom. The molecule has 4 rings (SSSR count). The molecule has 5 heteroatoms. The third kappa shape index (κ3) is 3.20. The molecule has 0 aromatic heterocycles. The van der Waals surface area contributed by atoms with Crippen LogP contribution in [0.25, 0.3) is 0 Å². The normalized spacial score (nSPS) is 16.7. The second-order valence-electron chi connectivity index (χ2n) is 6.12. The van der Waals surface area contributed by atoms with Crippen molar-refractivity contribution in [1.29, 1.82) is 0 Å². The summed E-state index contributed by atoms with van der Waals surface area (Å²) in [4.78, 5) is 0. The molecule has 1 aliphatic heterocycles. The minimum Gasteiger partial charge on any atom is -0.257 e. The number of hydrogen-bond acceptors (Lipinski definition) is 2. The smallest absolute Gasteiger partial charge is 0.132 e. The molecular weight excluding hydrogens is 354 g/mol. The van der Waals surface area contributed by atoms with Gasteiger partial charge in [0.2, 0.25) is 0 Å². The predicted molar refractivity (Wildman–Crippen MR) is 101 cm³/mol. The fourth-order valence-corrected chi connectivity index (χ4v) is 3.27. The van der Waals surface area contributed by atoms with Crippen LogP contribution in [0.3, 0.4) is 0 Å². The number of benzene rings is 3. The lowest BCUT2D eigenvalue weighted by Crippen LogP contribution is -2.18. The highest BCUT2D eigenvalue weighted by Crippen LogP contribution is 2.37. The van der Waals surface area contributed by atoms with E-state index in [0.29, 0.717) is 22.7 Å². The maximum Gasteiger partial charge on any atom is 0.132 e. The lowest BCUT2D eigenvalue weighted by Gasteiger charge is -2.24. The average molecular weight is 369 g/mol. The summed E-state index contributed by atoms with van der Waals surface area (Å²) in [5, 5.41) is 7.14. The van der Waals surface area contributed by atoms with E-state index in [1.807, 2.05) is 17.1 Å². The third-order valence-electron chi connectivity index (χ3n) is 4.44. The molecule has 0 bridgehead atoms. The molecule has 1 heterocycles. The third-order valence-corrected chi connectivity index (χ3v) is 4.69. The largest absolute Gasteiger partial charge is 0.257 e. The first-order valence-electron chi connectivity index (χ1n) is 8.24. The van der Waals surface area contributed by atoms with Crippen molar-refractivity contribution >= 4 is 23.0 Å². The van der Waals surface area contributed by atoms with E-state index in [1.54, 1.807) is 42.5 Å². The van der Waals surface area contributed by atoms with Crippen molar-refractivity contribution in [2.45, 2.75) is 12.5 Å². The minimum absolute atomic E-state index is 0.147. The highest BCUT2D eigenvalue weighted by molar-refractivity contribution is 6.30. The van der Waals surface area contributed by atoms with Gasteiger partial charge in [0.25, 0.3) is 0 Å². The standard InChI is InChI=1S/C21H15ClF2N2/c22-15-7-11-17(12-8-15)26-21(14-5-9-16(23)10-6-14)13-20(25-26)18-3-1-2-4-19(18)24/h1-12,21H,13H2/t21-/m1/s1. The summed E-state index contributed by atoms with van der Waals surface area (Å²) in [5.74, 6) is -0.595. The molecule has 0 aliphatic carbocycles. The molecule has 130 valence electrons. The van der Waals surface area contributed by atoms with Crippen LogP contribution in [-0.2, 0) is 0 Å². The minimum atomic E-state index is -0.304. The van der Waals surface area contributed by atoms with Gasteiger partial charge in [-0.05, 0) is 48.0 Å². The highest BCUT2D eigenvalue weighted by atomic mass is 35.5. The molecule has 0 N–H and O–H groups in total. The molecule has 3 aromatic carbocycles. The summed E-state index contributed by atoms with van der Waals surface area (Å²) >= 11 is 5.99. The fraction of sp³-hybridized carbons (Fsp3) is 0.0952. The summed E-state index contributed by atoms with van der Waals surface area (Å²) < 4.78 is 27.6. The number of halogens is 3. The van der Waals surface area contributed by atoms with Gasteiger partial charge >= 0.3 is 0 Å². The fourth-order valence-electron chi connectivity index (χ4n) is 3.14. The number of hydrogen-bond donors (Lipinski definition) is 0. The van der Waals surface area contributed by atoms with E-state index in [-0.39, 0.29) is 17.7 Å². The Kier molecular flexibility index (Phi) is 4.43. The van der Waals surface area contributed by atoms with E-state index in [1.165, 1.54) is 18.2 Å². The molecule has 0 saturated heterocycles. The van der Waals surface area contributed by atoms with Crippen LogP contribution >= 0.6 is 11.6 Å². The van der Waals surface area contributed by atoms with E-state index < -0.39 is 0 Å². The van der Waals surface area contributed by atoms with Gasteiger partial charge in [0.15, 0.2) is 0 Å². The molecule has 2 nitrogen and oxygen atoms in total. The summed E-state index contributed by atoms with van der Waals surface area (Å²) in [6.45, 7) is 0. The second kappa shape index (κ2) is 6.89. The Morgan fingerprint density at radius 3 is 2.27 bits per heavy atom. The predicted octanol–water partition coefficient (Wildman–Crippen LogP) is 5.97. The molecule has 0 unspecified atom stereocenters. The highest BCUT2D eigenvalue weighted by Gasteiger charge is 2.30. The first-order chi connectivity index (χ1) is 12.6. The maximum absolute atomic E-state index is 14.2. The van der Waals surface area contributed by atoms with Gasteiger partial charge in [0, 0.05) is 17.0 Å². The van der Waals surface area contributed by atoms with Crippen molar-refractivity contribution in [3.63, 3.8) is 0 Å². The van der Waals surface area contributed by atoms with Gasteiger partial charge in [-0.3, -0.25) is 5.01 Å². The Hall–Kier alpha value is -2.72. The van der Waals surface area contributed by atoms with Crippen LogP contribution < -0.4 is 5.01 Å². The van der Waals surface area contributed by atoms with Crippen LogP contribution in [-0.4, -0.2) is 5.71 Å². The lowest BCUT2D eigenvalue weighted by molar-refractivity contribution is 0.623. The Balaban J connectivity index is 1.77. The quantitative estimate of drug-likeness (QED) is 0.555. The van der Waals surface area contributed by atoms with Crippen LogP contribution in [0.1, 0.15) is 23.6 Å². The zero-order valence-electron chi connectivity index (χ0n) is 13.7. The summed E-state index contributed by atoms with van der Waals surface area (Å²) in [5.41, 5.74) is 2.90. The van der Waals surface area contributed by atoms with Crippen LogP contribution in [0.4, 0.5) is 14.5 Å². The number of hydrazone groups is 1. The van der Waals surface area contributed by atoms with Gasteiger partial charge < -0.3 is 0 Å². The van der Waals surface area contributed by atoms with Crippen molar-refractivity contribution in [3.8, 4) is 0 Å². The molecule has 0 radical (unpaired) electrons. The molecule has 0 saturated carbocycles. The monoisotopic (exact) mass is 368 g/mol. The average Bonchev–Trinajstić information content (AvgIpc) is 3.08. The van der Waals surface area contributed by atoms with E-state index in [2.05, 4.69) is 5.10 Å².